The Balaban J connectivity index is 1.71. The maximum absolute atomic E-state index is 14.3. The Hall–Kier alpha value is -4.52. The van der Waals surface area contributed by atoms with Crippen molar-refractivity contribution in [3.63, 3.8) is 0 Å². The zero-order chi connectivity index (χ0) is 33.3. The van der Waals surface area contributed by atoms with E-state index in [1.165, 1.54) is 40.1 Å². The van der Waals surface area contributed by atoms with Crippen LogP contribution in [0.5, 0.6) is 0 Å². The average molecular weight is 701 g/mol. The molecule has 8 nitrogen and oxygen atoms in total. The quantitative estimate of drug-likeness (QED) is 0.179. The maximum atomic E-state index is 14.3. The molecule has 0 radical (unpaired) electrons. The van der Waals surface area contributed by atoms with Crippen LogP contribution >= 0.6 is 15.9 Å². The third kappa shape index (κ3) is 6.41. The number of hydrogen-bond acceptors (Lipinski definition) is 4. The molecule has 0 spiro atoms. The summed E-state index contributed by atoms with van der Waals surface area (Å²) in [6.45, 7) is 3.61. The van der Waals surface area contributed by atoms with Crippen LogP contribution in [0.3, 0.4) is 0 Å². The minimum absolute atomic E-state index is 0.0225. The molecule has 0 aliphatic carbocycles. The van der Waals surface area contributed by atoms with Crippen molar-refractivity contribution in [2.24, 2.45) is 0 Å². The molecule has 1 aromatic heterocycles. The highest BCUT2D eigenvalue weighted by atomic mass is 79.9. The number of fused-ring (bicyclic) bond motifs is 1. The number of nitrogens with one attached hydrogen (secondary N) is 1. The van der Waals surface area contributed by atoms with Crippen molar-refractivity contribution < 1.29 is 31.9 Å². The van der Waals surface area contributed by atoms with E-state index in [4.69, 9.17) is 5.10 Å². The summed E-state index contributed by atoms with van der Waals surface area (Å²) in [5.74, 6) is -2.73. The zero-order valence-corrected chi connectivity index (χ0v) is 26.6. The van der Waals surface area contributed by atoms with Crippen LogP contribution in [-0.4, -0.2) is 56.9 Å². The highest BCUT2D eigenvalue weighted by Gasteiger charge is 2.46. The second-order valence-electron chi connectivity index (χ2n) is 10.9. The number of nitrogens with zero attached hydrogens (tertiary/aromatic N) is 4. The second-order valence-corrected chi connectivity index (χ2v) is 12.3. The summed E-state index contributed by atoms with van der Waals surface area (Å²) in [7, 11) is 1.61. The predicted molar refractivity (Wildman–Crippen MR) is 167 cm³/mol. The number of halogens is 5. The molecule has 0 fully saturated rings. The fraction of sp³-hybridized carbons (Fsp3) is 0.273. The van der Waals surface area contributed by atoms with E-state index in [1.54, 1.807) is 37.7 Å². The fourth-order valence-corrected chi connectivity index (χ4v) is 5.99. The summed E-state index contributed by atoms with van der Waals surface area (Å²) in [6, 6.07) is 17.1. The van der Waals surface area contributed by atoms with Crippen molar-refractivity contribution in [2.45, 2.75) is 43.4 Å². The van der Waals surface area contributed by atoms with E-state index in [-0.39, 0.29) is 24.6 Å². The standard InChI is InChI=1S/C33H30BrF4N5O3/c1-4-42-30-27(25(18-41(3)31(45)19(2)34)40-43(30)24-11-6-5-7-12-24)26(20-13-15-23(35)16-14-20)28(32(42)46)39-29(44)21-9-8-10-22(17-21)33(36,37)38/h5-17,19,26,28H,4,18H2,1-3H3,(H,39,44)/t19?,26-,28-/m0/s1. The van der Waals surface area contributed by atoms with Crippen LogP contribution in [0.4, 0.5) is 23.4 Å². The molecular weight excluding hydrogens is 670 g/mol. The molecule has 1 unspecified atom stereocenters. The smallest absolute Gasteiger partial charge is 0.339 e. The van der Waals surface area contributed by atoms with Gasteiger partial charge in [0.2, 0.25) is 5.91 Å². The molecule has 1 aliphatic rings. The van der Waals surface area contributed by atoms with E-state index in [2.05, 4.69) is 21.2 Å². The number of likely N-dealkylation sites (N-methyl/N-ethyl adjacent to an activating group) is 1. The molecule has 3 atom stereocenters. The molecule has 13 heteroatoms. The van der Waals surface area contributed by atoms with Crippen molar-refractivity contribution in [1.29, 1.82) is 0 Å². The maximum Gasteiger partial charge on any atom is 0.416 e. The Kier molecular flexibility index (Phi) is 9.34. The molecule has 4 aromatic rings. The summed E-state index contributed by atoms with van der Waals surface area (Å²) in [4.78, 5) is 43.2. The number of hydrogen-bond donors (Lipinski definition) is 1. The summed E-state index contributed by atoms with van der Waals surface area (Å²) in [6.07, 6.45) is -4.68. The van der Waals surface area contributed by atoms with Gasteiger partial charge in [-0.25, -0.2) is 9.07 Å². The van der Waals surface area contributed by atoms with Crippen molar-refractivity contribution in [2.75, 3.05) is 18.5 Å². The van der Waals surface area contributed by atoms with Crippen molar-refractivity contribution >= 4 is 39.5 Å². The predicted octanol–water partition coefficient (Wildman–Crippen LogP) is 6.07. The fourth-order valence-electron chi connectivity index (χ4n) is 5.64. The van der Waals surface area contributed by atoms with Crippen LogP contribution in [0.2, 0.25) is 0 Å². The third-order valence-electron chi connectivity index (χ3n) is 7.79. The lowest BCUT2D eigenvalue weighted by Gasteiger charge is -2.38. The van der Waals surface area contributed by atoms with Crippen LogP contribution in [-0.2, 0) is 22.3 Å². The topological polar surface area (TPSA) is 87.5 Å². The first-order valence-electron chi connectivity index (χ1n) is 14.4. The van der Waals surface area contributed by atoms with E-state index in [0.717, 1.165) is 18.2 Å². The summed E-state index contributed by atoms with van der Waals surface area (Å²) in [5.41, 5.74) is 0.713. The van der Waals surface area contributed by atoms with Gasteiger partial charge in [-0.05, 0) is 61.9 Å². The number of rotatable bonds is 8. The molecule has 0 bridgehead atoms. The Morgan fingerprint density at radius 1 is 1.04 bits per heavy atom. The zero-order valence-electron chi connectivity index (χ0n) is 25.1. The molecule has 2 heterocycles. The third-order valence-corrected chi connectivity index (χ3v) is 8.19. The van der Waals surface area contributed by atoms with Gasteiger partial charge in [-0.3, -0.25) is 19.3 Å². The Bertz CT molecular complexity index is 1760. The van der Waals surface area contributed by atoms with Gasteiger partial charge >= 0.3 is 6.18 Å². The lowest BCUT2D eigenvalue weighted by atomic mass is 9.80. The molecular formula is C33H30BrF4N5O3. The van der Waals surface area contributed by atoms with Gasteiger partial charge in [0.15, 0.2) is 0 Å². The number of anilines is 1. The molecule has 3 aromatic carbocycles. The highest BCUT2D eigenvalue weighted by molar-refractivity contribution is 9.10. The van der Waals surface area contributed by atoms with Gasteiger partial charge in [0.25, 0.3) is 11.8 Å². The number of benzene rings is 3. The molecule has 46 heavy (non-hydrogen) atoms. The number of carbonyl (C=O) groups is 3. The van der Waals surface area contributed by atoms with E-state index in [0.29, 0.717) is 28.3 Å². The van der Waals surface area contributed by atoms with Crippen LogP contribution < -0.4 is 10.2 Å². The van der Waals surface area contributed by atoms with Gasteiger partial charge in [-0.15, -0.1) is 0 Å². The van der Waals surface area contributed by atoms with Crippen molar-refractivity contribution in [3.05, 3.63) is 113 Å². The van der Waals surface area contributed by atoms with Gasteiger partial charge in [0.05, 0.1) is 28.3 Å². The van der Waals surface area contributed by atoms with Crippen LogP contribution in [0, 0.1) is 5.82 Å². The van der Waals surface area contributed by atoms with Gasteiger partial charge in [-0.1, -0.05) is 52.3 Å². The number of amides is 3. The largest absolute Gasteiger partial charge is 0.416 e. The minimum Gasteiger partial charge on any atom is -0.339 e. The summed E-state index contributed by atoms with van der Waals surface area (Å²) in [5, 5.41) is 7.57. The average Bonchev–Trinajstić information content (AvgIpc) is 3.39. The van der Waals surface area contributed by atoms with E-state index >= 15 is 0 Å². The molecule has 0 saturated carbocycles. The number of para-hydroxylation sites is 1. The molecule has 5 rings (SSSR count). The SMILES string of the molecule is CCN1C(=O)[C@@H](NC(=O)c2cccc(C(F)(F)F)c2)[C@@H](c2ccc(F)cc2)c2c(CN(C)C(=O)C(C)Br)nn(-c3ccccc3)c21. The first kappa shape index (κ1) is 32.9. The van der Waals surface area contributed by atoms with E-state index < -0.39 is 46.2 Å². The van der Waals surface area contributed by atoms with Crippen molar-refractivity contribution in [3.8, 4) is 5.69 Å². The number of alkyl halides is 4. The first-order chi connectivity index (χ1) is 21.8. The molecule has 0 saturated heterocycles. The van der Waals surface area contributed by atoms with Crippen LogP contribution in [0.25, 0.3) is 5.69 Å². The van der Waals surface area contributed by atoms with Crippen LogP contribution in [0.1, 0.15) is 52.5 Å². The molecule has 1 aliphatic heterocycles. The second kappa shape index (κ2) is 13.1. The van der Waals surface area contributed by atoms with E-state index in [1.807, 2.05) is 18.2 Å². The first-order valence-corrected chi connectivity index (χ1v) is 15.3. The Labute approximate surface area is 271 Å². The Morgan fingerprint density at radius 3 is 2.33 bits per heavy atom. The van der Waals surface area contributed by atoms with Crippen LogP contribution in [0.15, 0.2) is 78.9 Å². The highest BCUT2D eigenvalue weighted by Crippen LogP contribution is 2.44. The number of aromatic nitrogens is 2. The minimum atomic E-state index is -4.68. The van der Waals surface area contributed by atoms with E-state index in [9.17, 15) is 31.9 Å². The van der Waals surface area contributed by atoms with Gasteiger partial charge < -0.3 is 10.2 Å². The summed E-state index contributed by atoms with van der Waals surface area (Å²) < 4.78 is 56.1. The molecule has 240 valence electrons. The van der Waals surface area contributed by atoms with Gasteiger partial charge in [0, 0.05) is 30.6 Å². The lowest BCUT2D eigenvalue weighted by molar-refractivity contribution is -0.137. The summed E-state index contributed by atoms with van der Waals surface area (Å²) >= 11 is 3.31. The van der Waals surface area contributed by atoms with Gasteiger partial charge in [0.1, 0.15) is 17.7 Å². The molecule has 3 amide bonds. The molecule has 1 N–H and O–H groups in total. The Morgan fingerprint density at radius 2 is 1.72 bits per heavy atom. The number of carbonyl (C=O) groups excluding carboxylic acids is 3. The van der Waals surface area contributed by atoms with Crippen molar-refractivity contribution in [1.82, 2.24) is 20.0 Å². The van der Waals surface area contributed by atoms with Gasteiger partial charge in [-0.2, -0.15) is 18.3 Å². The normalized spacial score (nSPS) is 17.0. The monoisotopic (exact) mass is 699 g/mol. The lowest BCUT2D eigenvalue weighted by Crippen LogP contribution is -2.55.